The first-order valence-electron chi connectivity index (χ1n) is 14.0. The largest absolute Gasteiger partial charge is 0.493 e. The maximum atomic E-state index is 14.4. The fourth-order valence-corrected chi connectivity index (χ4v) is 5.34. The minimum atomic E-state index is -0.766. The molecule has 238 valence electrons. The number of nitrogens with zero attached hydrogens (tertiary/aromatic N) is 1. The second-order valence-corrected chi connectivity index (χ2v) is 10.2. The highest BCUT2D eigenvalue weighted by atomic mass is 16.5. The van der Waals surface area contributed by atoms with Gasteiger partial charge in [-0.2, -0.15) is 0 Å². The number of nitrogens with two attached hydrogens (primary N) is 3. The molecule has 6 N–H and O–H groups in total. The lowest BCUT2D eigenvalue weighted by atomic mass is 9.95. The van der Waals surface area contributed by atoms with E-state index in [1.807, 2.05) is 0 Å². The number of pyridine rings is 1. The van der Waals surface area contributed by atoms with E-state index in [0.717, 1.165) is 5.56 Å². The van der Waals surface area contributed by atoms with Crippen molar-refractivity contribution in [2.24, 2.45) is 0 Å². The van der Waals surface area contributed by atoms with Gasteiger partial charge in [-0.3, -0.25) is 9.36 Å². The van der Waals surface area contributed by atoms with E-state index in [2.05, 4.69) is 0 Å². The van der Waals surface area contributed by atoms with Crippen molar-refractivity contribution in [2.75, 3.05) is 52.7 Å². The van der Waals surface area contributed by atoms with Gasteiger partial charge in [-0.1, -0.05) is 0 Å². The number of anilines is 3. The number of hydrogen-bond donors (Lipinski definition) is 3. The zero-order chi connectivity index (χ0) is 33.1. The average molecular weight is 627 g/mol. The van der Waals surface area contributed by atoms with Crippen LogP contribution < -0.4 is 46.4 Å². The molecule has 0 fully saturated rings. The summed E-state index contributed by atoms with van der Waals surface area (Å²) in [5.74, 6) is 0.828. The molecule has 5 aromatic rings. The predicted octanol–water partition coefficient (Wildman–Crippen LogP) is 4.80. The Morgan fingerprint density at radius 3 is 1.80 bits per heavy atom. The Morgan fingerprint density at radius 1 is 0.674 bits per heavy atom. The highest BCUT2D eigenvalue weighted by Crippen LogP contribution is 2.45. The predicted molar refractivity (Wildman–Crippen MR) is 177 cm³/mol. The zero-order valence-corrected chi connectivity index (χ0v) is 26.0. The number of nitrogen functional groups attached to an aromatic ring is 3. The summed E-state index contributed by atoms with van der Waals surface area (Å²) in [4.78, 5) is 28.1. The monoisotopic (exact) mass is 626 g/mol. The molecule has 4 aromatic carbocycles. The molecule has 1 aromatic heterocycles. The van der Waals surface area contributed by atoms with Crippen molar-refractivity contribution >= 4 is 33.8 Å². The molecule has 5 rings (SSSR count). The van der Waals surface area contributed by atoms with Crippen LogP contribution in [0.1, 0.15) is 16.1 Å². The van der Waals surface area contributed by atoms with Gasteiger partial charge in [-0.05, 0) is 77.9 Å². The van der Waals surface area contributed by atoms with Gasteiger partial charge in [0.25, 0.3) is 5.56 Å². The molecule has 0 radical (unpaired) electrons. The number of fused-ring (bicyclic) bond motifs is 1. The summed E-state index contributed by atoms with van der Waals surface area (Å²) in [5, 5.41) is 0.597. The Labute approximate surface area is 264 Å². The van der Waals surface area contributed by atoms with Gasteiger partial charge in [0.15, 0.2) is 23.0 Å². The van der Waals surface area contributed by atoms with Crippen LogP contribution in [0.3, 0.4) is 0 Å². The maximum absolute atomic E-state index is 14.4. The number of rotatable bonds is 10. The van der Waals surface area contributed by atoms with E-state index in [0.29, 0.717) is 62.3 Å². The SMILES string of the molecule is COC(=O)c1c(-c2cc(OC)c(OC)c(OC)c2)c2cc(OC)c(OCc3cc(N)cc(N)c3)cc2c(=O)n1-c1ccc(N)cc1. The second-order valence-electron chi connectivity index (χ2n) is 10.2. The summed E-state index contributed by atoms with van der Waals surface area (Å²) in [5.41, 5.74) is 20.7. The van der Waals surface area contributed by atoms with Crippen LogP contribution in [0.5, 0.6) is 28.7 Å². The first-order chi connectivity index (χ1) is 22.1. The van der Waals surface area contributed by atoms with E-state index in [1.165, 1.54) is 40.1 Å². The molecule has 0 saturated carbocycles. The van der Waals surface area contributed by atoms with Crippen LogP contribution in [0.25, 0.3) is 27.6 Å². The molecule has 12 nitrogen and oxygen atoms in total. The van der Waals surface area contributed by atoms with Crippen LogP contribution >= 0.6 is 0 Å². The van der Waals surface area contributed by atoms with Crippen molar-refractivity contribution in [1.82, 2.24) is 4.57 Å². The summed E-state index contributed by atoms with van der Waals surface area (Å²) in [6.45, 7) is 0.0865. The smallest absolute Gasteiger partial charge is 0.355 e. The van der Waals surface area contributed by atoms with Crippen LogP contribution in [0.15, 0.2) is 71.5 Å². The Balaban J connectivity index is 1.89. The van der Waals surface area contributed by atoms with Crippen LogP contribution in [0.2, 0.25) is 0 Å². The second kappa shape index (κ2) is 12.9. The molecule has 0 unspecified atom stereocenters. The van der Waals surface area contributed by atoms with Gasteiger partial charge in [-0.25, -0.2) is 4.79 Å². The van der Waals surface area contributed by atoms with Gasteiger partial charge in [0.1, 0.15) is 12.3 Å². The van der Waals surface area contributed by atoms with Crippen molar-refractivity contribution in [1.29, 1.82) is 0 Å². The summed E-state index contributed by atoms with van der Waals surface area (Å²) in [7, 11) is 7.17. The molecule has 0 aliphatic carbocycles. The van der Waals surface area contributed by atoms with Crippen molar-refractivity contribution < 1.29 is 33.2 Å². The first-order valence-corrected chi connectivity index (χ1v) is 14.0. The number of aromatic nitrogens is 1. The lowest BCUT2D eigenvalue weighted by Gasteiger charge is -2.21. The molecule has 0 spiro atoms. The Kier molecular flexibility index (Phi) is 8.80. The minimum absolute atomic E-state index is 0.0509. The molecule has 46 heavy (non-hydrogen) atoms. The number of carbonyl (C=O) groups excluding carboxylic acids is 1. The molecule has 0 atom stereocenters. The van der Waals surface area contributed by atoms with Crippen molar-refractivity contribution in [3.05, 3.63) is 88.3 Å². The van der Waals surface area contributed by atoms with Gasteiger partial charge >= 0.3 is 5.97 Å². The molecule has 0 saturated heterocycles. The summed E-state index contributed by atoms with van der Waals surface area (Å²) < 4.78 is 35.2. The third kappa shape index (κ3) is 5.75. The highest BCUT2D eigenvalue weighted by Gasteiger charge is 2.28. The van der Waals surface area contributed by atoms with Gasteiger partial charge in [0, 0.05) is 33.7 Å². The van der Waals surface area contributed by atoms with E-state index in [4.69, 9.17) is 45.6 Å². The van der Waals surface area contributed by atoms with Gasteiger partial charge < -0.3 is 45.6 Å². The molecule has 0 amide bonds. The number of carbonyl (C=O) groups is 1. The molecule has 1 heterocycles. The summed E-state index contributed by atoms with van der Waals surface area (Å²) in [6.07, 6.45) is 0. The normalized spacial score (nSPS) is 10.8. The van der Waals surface area contributed by atoms with Crippen LogP contribution in [0, 0.1) is 0 Å². The molecule has 12 heteroatoms. The number of methoxy groups -OCH3 is 5. The maximum Gasteiger partial charge on any atom is 0.355 e. The van der Waals surface area contributed by atoms with E-state index >= 15 is 0 Å². The zero-order valence-electron chi connectivity index (χ0n) is 26.0. The summed E-state index contributed by atoms with van der Waals surface area (Å²) in [6, 6.07) is 18.2. The van der Waals surface area contributed by atoms with Crippen molar-refractivity contribution in [3.63, 3.8) is 0 Å². The minimum Gasteiger partial charge on any atom is -0.493 e. The van der Waals surface area contributed by atoms with E-state index in [9.17, 15) is 9.59 Å². The van der Waals surface area contributed by atoms with Crippen LogP contribution in [-0.4, -0.2) is 46.1 Å². The molecule has 0 bridgehead atoms. The number of ether oxygens (including phenoxy) is 6. The van der Waals surface area contributed by atoms with Crippen molar-refractivity contribution in [3.8, 4) is 45.6 Å². The molecule has 0 aliphatic heterocycles. The van der Waals surface area contributed by atoms with Gasteiger partial charge in [0.05, 0.1) is 40.9 Å². The number of esters is 1. The lowest BCUT2D eigenvalue weighted by Crippen LogP contribution is -2.27. The Bertz CT molecular complexity index is 1960. The quantitative estimate of drug-likeness (QED) is 0.144. The van der Waals surface area contributed by atoms with E-state index < -0.39 is 11.5 Å². The fraction of sp³-hybridized carbons (Fsp3) is 0.176. The first kappa shape index (κ1) is 31.4. The van der Waals surface area contributed by atoms with Crippen molar-refractivity contribution in [2.45, 2.75) is 6.61 Å². The van der Waals surface area contributed by atoms with Crippen LogP contribution in [-0.2, 0) is 11.3 Å². The molecule has 0 aliphatic rings. The Hall–Kier alpha value is -6.04. The third-order valence-corrected chi connectivity index (χ3v) is 7.38. The number of benzene rings is 4. The Morgan fingerprint density at radius 2 is 1.26 bits per heavy atom. The van der Waals surface area contributed by atoms with Crippen LogP contribution in [0.4, 0.5) is 17.1 Å². The van der Waals surface area contributed by atoms with Gasteiger partial charge in [-0.15, -0.1) is 0 Å². The third-order valence-electron chi connectivity index (χ3n) is 7.38. The fourth-order valence-electron chi connectivity index (χ4n) is 5.34. The average Bonchev–Trinajstić information content (AvgIpc) is 3.05. The van der Waals surface area contributed by atoms with E-state index in [1.54, 1.807) is 66.7 Å². The molecular formula is C34H34N4O8. The summed E-state index contributed by atoms with van der Waals surface area (Å²) >= 11 is 0. The van der Waals surface area contributed by atoms with E-state index in [-0.39, 0.29) is 23.4 Å². The van der Waals surface area contributed by atoms with Gasteiger partial charge in [0.2, 0.25) is 5.75 Å². The standard InChI is InChI=1S/C34H34N4O8/c1-41-26-15-24-25(16-27(26)46-17-18-10-21(36)14-22(37)11-18)33(39)38(23-8-6-20(35)7-9-23)31(34(40)45-5)30(24)19-12-28(42-2)32(44-4)29(13-19)43-3/h6-16H,17,35-37H2,1-5H3. The lowest BCUT2D eigenvalue weighted by molar-refractivity contribution is 0.0591. The number of hydrogen-bond acceptors (Lipinski definition) is 11. The molecular weight excluding hydrogens is 592 g/mol. The highest BCUT2D eigenvalue weighted by molar-refractivity contribution is 6.08. The topological polar surface area (TPSA) is 173 Å².